The topological polar surface area (TPSA) is 63.3 Å². The second-order valence-electron chi connectivity index (χ2n) is 20.4. The average Bonchev–Trinajstić information content (AvgIpc) is 3.50. The van der Waals surface area contributed by atoms with Gasteiger partial charge in [0.25, 0.3) is 0 Å². The van der Waals surface area contributed by atoms with Gasteiger partial charge in [-0.1, -0.05) is 138 Å². The number of nitrogens with zero attached hydrogens (tertiary/aromatic N) is 4. The Hall–Kier alpha value is -5.12. The summed E-state index contributed by atoms with van der Waals surface area (Å²) in [5.74, 6) is 0.924. The van der Waals surface area contributed by atoms with Crippen LogP contribution in [-0.2, 0) is 42.7 Å². The Balaban J connectivity index is 0.00000544. The minimum Gasteiger partial charge on any atom is -0.507 e. The Bertz CT molecular complexity index is 2820. The summed E-state index contributed by atoms with van der Waals surface area (Å²) < 4.78 is 2.25. The predicted octanol–water partition coefficient (Wildman–Crippen LogP) is 14.2. The van der Waals surface area contributed by atoms with E-state index in [0.717, 1.165) is 78.5 Å². The van der Waals surface area contributed by atoms with Crippen molar-refractivity contribution in [2.75, 3.05) is 0 Å². The SMILES string of the molecule is CC1=Nc2cc(C(C)(C)C)ccc2-n2c(-c3cc(C(C)(C)C)cc(C(C)(C)C)c3O)nc3c(-c4cc(C(C)(C)C)cc(-c5[c-]ccc(-c6ccccc6)c5)n4)ccc1c32.[Pt]. The molecule has 0 radical (unpaired) electrons. The summed E-state index contributed by atoms with van der Waals surface area (Å²) in [6.45, 7) is 28.7. The maximum Gasteiger partial charge on any atom is 0.149 e. The number of imidazole rings is 1. The van der Waals surface area contributed by atoms with E-state index in [9.17, 15) is 5.11 Å². The van der Waals surface area contributed by atoms with Crippen LogP contribution in [0.3, 0.4) is 0 Å². The minimum atomic E-state index is -0.316. The summed E-state index contributed by atoms with van der Waals surface area (Å²) in [4.78, 5) is 16.4. The summed E-state index contributed by atoms with van der Waals surface area (Å²) >= 11 is 0. The molecule has 6 heteroatoms. The number of aliphatic imine (C=N–C) groups is 1. The molecular weight excluding hydrogens is 916 g/mol. The summed E-state index contributed by atoms with van der Waals surface area (Å²) in [5.41, 5.74) is 15.6. The van der Waals surface area contributed by atoms with Gasteiger partial charge in [0, 0.05) is 43.5 Å². The molecule has 5 nitrogen and oxygen atoms in total. The largest absolute Gasteiger partial charge is 0.507 e. The zero-order chi connectivity index (χ0) is 42.4. The van der Waals surface area contributed by atoms with Crippen LogP contribution in [0.5, 0.6) is 5.75 Å². The molecule has 0 spiro atoms. The number of phenolic OH excluding ortho intramolecular Hbond substituents is 1. The van der Waals surface area contributed by atoms with E-state index in [1.165, 1.54) is 11.1 Å². The van der Waals surface area contributed by atoms with Gasteiger partial charge in [0.1, 0.15) is 11.6 Å². The van der Waals surface area contributed by atoms with Crippen molar-refractivity contribution in [1.29, 1.82) is 0 Å². The predicted molar refractivity (Wildman–Crippen MR) is 248 cm³/mol. The first-order chi connectivity index (χ1) is 27.6. The second-order valence-corrected chi connectivity index (χ2v) is 20.4. The Morgan fingerprint density at radius 2 is 1.20 bits per heavy atom. The molecule has 5 aromatic carbocycles. The minimum absolute atomic E-state index is 0. The van der Waals surface area contributed by atoms with E-state index in [0.29, 0.717) is 11.4 Å². The molecule has 1 aliphatic rings. The molecule has 0 bridgehead atoms. The molecule has 0 amide bonds. The first-order valence-corrected chi connectivity index (χ1v) is 20.8. The van der Waals surface area contributed by atoms with E-state index in [1.54, 1.807) is 0 Å². The summed E-state index contributed by atoms with van der Waals surface area (Å²) in [6, 6.07) is 39.9. The fraction of sp³-hybridized carbons (Fsp3) is 0.315. The monoisotopic (exact) mass is 972 g/mol. The zero-order valence-electron chi connectivity index (χ0n) is 37.4. The summed E-state index contributed by atoms with van der Waals surface area (Å²) in [5, 5.41) is 12.4. The fourth-order valence-corrected chi connectivity index (χ4v) is 8.08. The van der Waals surface area contributed by atoms with Gasteiger partial charge in [-0.2, -0.15) is 0 Å². The number of pyridine rings is 1. The van der Waals surface area contributed by atoms with Gasteiger partial charge >= 0.3 is 0 Å². The molecule has 60 heavy (non-hydrogen) atoms. The van der Waals surface area contributed by atoms with Crippen molar-refractivity contribution in [1.82, 2.24) is 14.5 Å². The van der Waals surface area contributed by atoms with Gasteiger partial charge in [-0.25, -0.2) is 4.98 Å². The second kappa shape index (κ2) is 15.1. The molecule has 0 saturated carbocycles. The number of rotatable bonds is 4. The number of aromatic nitrogens is 3. The van der Waals surface area contributed by atoms with Crippen LogP contribution in [-0.4, -0.2) is 25.4 Å². The molecule has 1 aliphatic heterocycles. The maximum absolute atomic E-state index is 12.4. The van der Waals surface area contributed by atoms with E-state index in [-0.39, 0.29) is 48.5 Å². The normalized spacial score (nSPS) is 13.1. The number of fused-ring (bicyclic) bond motifs is 2. The third-order valence-corrected chi connectivity index (χ3v) is 11.7. The Morgan fingerprint density at radius 3 is 1.85 bits per heavy atom. The van der Waals surface area contributed by atoms with Crippen LogP contribution in [0.1, 0.15) is 118 Å². The number of hydrogen-bond acceptors (Lipinski definition) is 4. The molecule has 0 aliphatic carbocycles. The Morgan fingerprint density at radius 1 is 0.567 bits per heavy atom. The number of benzene rings is 5. The Labute approximate surface area is 371 Å². The van der Waals surface area contributed by atoms with Crippen molar-refractivity contribution in [2.24, 2.45) is 4.99 Å². The molecule has 2 aromatic heterocycles. The van der Waals surface area contributed by atoms with Gasteiger partial charge in [0.15, 0.2) is 0 Å². The molecule has 0 unspecified atom stereocenters. The molecule has 0 fully saturated rings. The van der Waals surface area contributed by atoms with Gasteiger partial charge in [-0.05, 0) is 86.9 Å². The molecular formula is C54H57N4OPt-. The zero-order valence-corrected chi connectivity index (χ0v) is 39.6. The van der Waals surface area contributed by atoms with Gasteiger partial charge in [-0.15, -0.1) is 35.4 Å². The van der Waals surface area contributed by atoms with Crippen LogP contribution >= 0.6 is 0 Å². The van der Waals surface area contributed by atoms with Gasteiger partial charge < -0.3 is 5.11 Å². The van der Waals surface area contributed by atoms with Crippen LogP contribution < -0.4 is 0 Å². The van der Waals surface area contributed by atoms with E-state index in [1.807, 2.05) is 12.1 Å². The van der Waals surface area contributed by atoms with Crippen molar-refractivity contribution in [2.45, 2.75) is 112 Å². The van der Waals surface area contributed by atoms with E-state index >= 15 is 0 Å². The van der Waals surface area contributed by atoms with Crippen LogP contribution in [0.4, 0.5) is 5.69 Å². The average molecular weight is 973 g/mol. The molecule has 7 aromatic rings. The first-order valence-electron chi connectivity index (χ1n) is 20.8. The summed E-state index contributed by atoms with van der Waals surface area (Å²) in [7, 11) is 0. The van der Waals surface area contributed by atoms with Crippen LogP contribution in [0.2, 0.25) is 0 Å². The van der Waals surface area contributed by atoms with Gasteiger partial charge in [-0.3, -0.25) is 14.5 Å². The molecule has 1 N–H and O–H groups in total. The number of hydrogen-bond donors (Lipinski definition) is 1. The smallest absolute Gasteiger partial charge is 0.149 e. The molecule has 8 rings (SSSR count). The van der Waals surface area contributed by atoms with E-state index in [4.69, 9.17) is 15.0 Å². The maximum atomic E-state index is 12.4. The molecule has 3 heterocycles. The van der Waals surface area contributed by atoms with Crippen LogP contribution in [0.25, 0.3) is 61.8 Å². The van der Waals surface area contributed by atoms with Crippen LogP contribution in [0.15, 0.2) is 108 Å². The number of phenols is 1. The molecule has 0 atom stereocenters. The summed E-state index contributed by atoms with van der Waals surface area (Å²) in [6.07, 6.45) is 0. The van der Waals surface area contributed by atoms with Crippen LogP contribution in [0, 0.1) is 6.07 Å². The van der Waals surface area contributed by atoms with E-state index in [2.05, 4.69) is 192 Å². The third-order valence-electron chi connectivity index (χ3n) is 11.7. The molecule has 0 saturated heterocycles. The van der Waals surface area contributed by atoms with Crippen molar-refractivity contribution >= 4 is 22.4 Å². The third kappa shape index (κ3) is 7.82. The van der Waals surface area contributed by atoms with Gasteiger partial charge in [0.2, 0.25) is 0 Å². The first kappa shape index (κ1) is 43.0. The Kier molecular flexibility index (Phi) is 10.8. The van der Waals surface area contributed by atoms with Gasteiger partial charge in [0.05, 0.1) is 33.7 Å². The van der Waals surface area contributed by atoms with Crippen molar-refractivity contribution in [3.63, 3.8) is 0 Å². The molecule has 310 valence electrons. The standard InChI is InChI=1S/C54H57N4O.Pt/c1-32-39-23-24-40(44-31-38(53(8,9)10)30-43(56-44)35-21-17-20-34(26-35)33-18-15-14-16-19-33)47-48(39)58(46-25-22-36(51(2,3)4)29-45(46)55-32)50(57-47)41-27-37(52(5,6)7)28-42(49(41)59)54(11,12)13;/h14-20,22-31,59H,1-13H3;/q-1;. The van der Waals surface area contributed by atoms with Crippen molar-refractivity contribution < 1.29 is 26.2 Å². The van der Waals surface area contributed by atoms with E-state index < -0.39 is 0 Å². The van der Waals surface area contributed by atoms with Crippen molar-refractivity contribution in [3.05, 3.63) is 137 Å². The quantitative estimate of drug-likeness (QED) is 0.179. The fourth-order valence-electron chi connectivity index (χ4n) is 8.08. The van der Waals surface area contributed by atoms with Crippen molar-refractivity contribution in [3.8, 4) is 56.5 Å². The number of aromatic hydroxyl groups is 1.